The van der Waals surface area contributed by atoms with Crippen LogP contribution < -0.4 is 10.6 Å². The average molecular weight is 333 g/mol. The first-order chi connectivity index (χ1) is 9.76. The summed E-state index contributed by atoms with van der Waals surface area (Å²) in [7, 11) is -3.18. The van der Waals surface area contributed by atoms with E-state index in [0.717, 1.165) is 11.8 Å². The fourth-order valence-electron chi connectivity index (χ4n) is 1.41. The Labute approximate surface area is 128 Å². The van der Waals surface area contributed by atoms with E-state index in [4.69, 9.17) is 11.6 Å². The third-order valence-electron chi connectivity index (χ3n) is 2.55. The molecular weight excluding hydrogens is 316 g/mol. The van der Waals surface area contributed by atoms with E-state index in [1.807, 2.05) is 0 Å². The molecule has 0 bridgehead atoms. The standard InChI is InChI=1S/C13H17ClN2O4S/c1-21(19,20)7-6-12(17)16-9-13(18)15-8-10-2-4-11(14)5-3-10/h2-5H,6-9H2,1H3,(H,15,18)(H,16,17). The lowest BCUT2D eigenvalue weighted by Gasteiger charge is -2.07. The third-order valence-corrected chi connectivity index (χ3v) is 3.75. The number of amides is 2. The minimum Gasteiger partial charge on any atom is -0.350 e. The molecule has 0 aliphatic rings. The van der Waals surface area contributed by atoms with Crippen molar-refractivity contribution in [2.45, 2.75) is 13.0 Å². The quantitative estimate of drug-likeness (QED) is 0.761. The second kappa shape index (κ2) is 7.99. The van der Waals surface area contributed by atoms with Crippen molar-refractivity contribution in [3.05, 3.63) is 34.9 Å². The normalized spacial score (nSPS) is 11.0. The predicted octanol–water partition coefficient (Wildman–Crippen LogP) is 0.507. The summed E-state index contributed by atoms with van der Waals surface area (Å²) >= 11 is 5.74. The Kier molecular flexibility index (Phi) is 6.64. The molecule has 6 nitrogen and oxygen atoms in total. The number of carbonyl (C=O) groups is 2. The lowest BCUT2D eigenvalue weighted by atomic mass is 10.2. The number of rotatable bonds is 7. The van der Waals surface area contributed by atoms with Gasteiger partial charge in [-0.1, -0.05) is 23.7 Å². The summed E-state index contributed by atoms with van der Waals surface area (Å²) in [6.45, 7) is 0.144. The molecule has 2 amide bonds. The molecule has 116 valence electrons. The van der Waals surface area contributed by atoms with Crippen molar-refractivity contribution in [1.29, 1.82) is 0 Å². The zero-order valence-electron chi connectivity index (χ0n) is 11.6. The van der Waals surface area contributed by atoms with Crippen molar-refractivity contribution < 1.29 is 18.0 Å². The molecule has 2 N–H and O–H groups in total. The van der Waals surface area contributed by atoms with Gasteiger partial charge in [0.1, 0.15) is 9.84 Å². The van der Waals surface area contributed by atoms with Crippen LogP contribution in [0.1, 0.15) is 12.0 Å². The van der Waals surface area contributed by atoms with Gasteiger partial charge < -0.3 is 10.6 Å². The second-order valence-corrected chi connectivity index (χ2v) is 7.26. The summed E-state index contributed by atoms with van der Waals surface area (Å²) in [5.41, 5.74) is 0.885. The molecule has 1 aromatic carbocycles. The van der Waals surface area contributed by atoms with Gasteiger partial charge in [-0.3, -0.25) is 9.59 Å². The zero-order chi connectivity index (χ0) is 15.9. The fraction of sp³-hybridized carbons (Fsp3) is 0.385. The molecule has 0 heterocycles. The first-order valence-electron chi connectivity index (χ1n) is 6.22. The van der Waals surface area contributed by atoms with E-state index < -0.39 is 15.7 Å². The van der Waals surface area contributed by atoms with Crippen LogP contribution in [0.3, 0.4) is 0 Å². The summed E-state index contributed by atoms with van der Waals surface area (Å²) in [4.78, 5) is 22.9. The van der Waals surface area contributed by atoms with Gasteiger partial charge in [0.25, 0.3) is 0 Å². The van der Waals surface area contributed by atoms with Crippen molar-refractivity contribution in [2.75, 3.05) is 18.6 Å². The smallest absolute Gasteiger partial charge is 0.239 e. The zero-order valence-corrected chi connectivity index (χ0v) is 13.1. The van der Waals surface area contributed by atoms with Crippen molar-refractivity contribution in [1.82, 2.24) is 10.6 Å². The summed E-state index contributed by atoms with van der Waals surface area (Å²) in [5.74, 6) is -1.05. The van der Waals surface area contributed by atoms with Gasteiger partial charge in [0, 0.05) is 24.2 Å². The first-order valence-corrected chi connectivity index (χ1v) is 8.66. The molecule has 0 saturated carbocycles. The Morgan fingerprint density at radius 1 is 1.10 bits per heavy atom. The number of sulfone groups is 1. The molecule has 0 radical (unpaired) electrons. The van der Waals surface area contributed by atoms with E-state index >= 15 is 0 Å². The maximum Gasteiger partial charge on any atom is 0.239 e. The molecule has 8 heteroatoms. The van der Waals surface area contributed by atoms with Gasteiger partial charge in [-0.15, -0.1) is 0 Å². The Balaban J connectivity index is 2.25. The summed E-state index contributed by atoms with van der Waals surface area (Å²) in [6.07, 6.45) is 0.905. The molecular formula is C13H17ClN2O4S. The highest BCUT2D eigenvalue weighted by Crippen LogP contribution is 2.08. The van der Waals surface area contributed by atoms with E-state index in [1.165, 1.54) is 0 Å². The molecule has 0 fully saturated rings. The fourth-order valence-corrected chi connectivity index (χ4v) is 2.09. The summed E-state index contributed by atoms with van der Waals surface area (Å²) in [6, 6.07) is 7.01. The highest BCUT2D eigenvalue weighted by atomic mass is 35.5. The maximum absolute atomic E-state index is 11.5. The average Bonchev–Trinajstić information content (AvgIpc) is 2.41. The van der Waals surface area contributed by atoms with Gasteiger partial charge in [-0.2, -0.15) is 0 Å². The molecule has 0 unspecified atom stereocenters. The Bertz CT molecular complexity index is 599. The molecule has 0 aliphatic carbocycles. The molecule has 0 spiro atoms. The number of halogens is 1. The van der Waals surface area contributed by atoms with E-state index in [0.29, 0.717) is 11.6 Å². The van der Waals surface area contributed by atoms with E-state index in [-0.39, 0.29) is 24.6 Å². The molecule has 0 atom stereocenters. The minimum absolute atomic E-state index is 0.150. The number of carbonyl (C=O) groups excluding carboxylic acids is 2. The number of nitrogens with one attached hydrogen (secondary N) is 2. The van der Waals surface area contributed by atoms with Crippen molar-refractivity contribution in [2.24, 2.45) is 0 Å². The molecule has 1 rings (SSSR count). The van der Waals surface area contributed by atoms with Crippen molar-refractivity contribution >= 4 is 33.3 Å². The highest BCUT2D eigenvalue weighted by molar-refractivity contribution is 7.90. The van der Waals surface area contributed by atoms with Crippen LogP contribution in [0.5, 0.6) is 0 Å². The van der Waals surface area contributed by atoms with Gasteiger partial charge in [0.2, 0.25) is 11.8 Å². The van der Waals surface area contributed by atoms with Crippen LogP contribution in [0, 0.1) is 0 Å². The lowest BCUT2D eigenvalue weighted by Crippen LogP contribution is -2.37. The van der Waals surface area contributed by atoms with Gasteiger partial charge in [0.15, 0.2) is 0 Å². The second-order valence-electron chi connectivity index (χ2n) is 4.56. The largest absolute Gasteiger partial charge is 0.350 e. The topological polar surface area (TPSA) is 92.3 Å². The molecule has 1 aromatic rings. The lowest BCUT2D eigenvalue weighted by molar-refractivity contribution is -0.125. The van der Waals surface area contributed by atoms with Crippen molar-refractivity contribution in [3.8, 4) is 0 Å². The van der Waals surface area contributed by atoms with Gasteiger partial charge in [0.05, 0.1) is 12.3 Å². The van der Waals surface area contributed by atoms with Crippen LogP contribution in [0.25, 0.3) is 0 Å². The number of hydrogen-bond donors (Lipinski definition) is 2. The first kappa shape index (κ1) is 17.5. The van der Waals surface area contributed by atoms with Gasteiger partial charge in [-0.05, 0) is 17.7 Å². The molecule has 0 saturated heterocycles. The van der Waals surface area contributed by atoms with E-state index in [9.17, 15) is 18.0 Å². The van der Waals surface area contributed by atoms with Crippen LogP contribution >= 0.6 is 11.6 Å². The van der Waals surface area contributed by atoms with Crippen LogP contribution in [-0.4, -0.2) is 38.8 Å². The maximum atomic E-state index is 11.5. The van der Waals surface area contributed by atoms with Gasteiger partial charge in [-0.25, -0.2) is 8.42 Å². The minimum atomic E-state index is -3.18. The Morgan fingerprint density at radius 3 is 2.29 bits per heavy atom. The molecule has 0 aliphatic heterocycles. The highest BCUT2D eigenvalue weighted by Gasteiger charge is 2.09. The van der Waals surface area contributed by atoms with Crippen LogP contribution in [0.15, 0.2) is 24.3 Å². The Morgan fingerprint density at radius 2 is 1.71 bits per heavy atom. The molecule has 0 aromatic heterocycles. The summed E-state index contributed by atoms with van der Waals surface area (Å²) < 4.78 is 21.8. The Hall–Kier alpha value is -1.60. The van der Waals surface area contributed by atoms with E-state index in [1.54, 1.807) is 24.3 Å². The van der Waals surface area contributed by atoms with Crippen LogP contribution in [-0.2, 0) is 26.0 Å². The van der Waals surface area contributed by atoms with Crippen molar-refractivity contribution in [3.63, 3.8) is 0 Å². The van der Waals surface area contributed by atoms with E-state index in [2.05, 4.69) is 10.6 Å². The number of hydrogen-bond acceptors (Lipinski definition) is 4. The monoisotopic (exact) mass is 332 g/mol. The SMILES string of the molecule is CS(=O)(=O)CCC(=O)NCC(=O)NCc1ccc(Cl)cc1. The number of benzene rings is 1. The molecule has 21 heavy (non-hydrogen) atoms. The van der Waals surface area contributed by atoms with Crippen LogP contribution in [0.2, 0.25) is 5.02 Å². The predicted molar refractivity (Wildman–Crippen MR) is 80.6 cm³/mol. The third kappa shape index (κ3) is 8.31. The van der Waals surface area contributed by atoms with Crippen LogP contribution in [0.4, 0.5) is 0 Å². The summed E-state index contributed by atoms with van der Waals surface area (Å²) in [5, 5.41) is 5.61. The van der Waals surface area contributed by atoms with Gasteiger partial charge >= 0.3 is 0 Å².